The monoisotopic (exact) mass is 276 g/mol. The number of nitrogens with one attached hydrogen (secondary N) is 2. The van der Waals surface area contributed by atoms with Gasteiger partial charge in [0.2, 0.25) is 5.95 Å². The molecule has 0 aliphatic rings. The molecule has 2 N–H and O–H groups in total. The standard InChI is InChI=1S/C14H20N4S/c1-3-8-15-14-16-9-7-13(18-14)17-11(4-2)12-6-5-10-19-12/h5-7,9-11H,3-4,8H2,1-2H3,(H2,15,16,17,18). The molecule has 0 fully saturated rings. The van der Waals surface area contributed by atoms with Gasteiger partial charge in [-0.3, -0.25) is 0 Å². The maximum atomic E-state index is 4.48. The lowest BCUT2D eigenvalue weighted by Crippen LogP contribution is -2.11. The number of thiophene rings is 1. The zero-order valence-electron chi connectivity index (χ0n) is 11.4. The van der Waals surface area contributed by atoms with Crippen LogP contribution in [0.15, 0.2) is 29.8 Å². The van der Waals surface area contributed by atoms with Gasteiger partial charge in [0.05, 0.1) is 6.04 Å². The molecule has 102 valence electrons. The van der Waals surface area contributed by atoms with Gasteiger partial charge in [0.1, 0.15) is 5.82 Å². The van der Waals surface area contributed by atoms with E-state index in [1.54, 1.807) is 17.5 Å². The first-order valence-electron chi connectivity index (χ1n) is 6.70. The summed E-state index contributed by atoms with van der Waals surface area (Å²) in [6, 6.07) is 6.46. The molecule has 2 aromatic rings. The lowest BCUT2D eigenvalue weighted by molar-refractivity contribution is 0.758. The molecule has 5 heteroatoms. The second-order valence-corrected chi connectivity index (χ2v) is 5.29. The number of hydrogen-bond donors (Lipinski definition) is 2. The van der Waals surface area contributed by atoms with Crippen LogP contribution in [0, 0.1) is 0 Å². The van der Waals surface area contributed by atoms with Crippen LogP contribution < -0.4 is 10.6 Å². The van der Waals surface area contributed by atoms with E-state index in [9.17, 15) is 0 Å². The van der Waals surface area contributed by atoms with Gasteiger partial charge in [-0.1, -0.05) is 19.9 Å². The predicted octanol–water partition coefficient (Wildman–Crippen LogP) is 3.92. The molecule has 0 radical (unpaired) electrons. The van der Waals surface area contributed by atoms with Crippen molar-refractivity contribution >= 4 is 23.1 Å². The molecule has 1 atom stereocenters. The van der Waals surface area contributed by atoms with Crippen LogP contribution in [0.25, 0.3) is 0 Å². The third-order valence-electron chi connectivity index (χ3n) is 2.81. The van der Waals surface area contributed by atoms with Gasteiger partial charge in [0.25, 0.3) is 0 Å². The van der Waals surface area contributed by atoms with Crippen molar-refractivity contribution in [1.82, 2.24) is 9.97 Å². The van der Waals surface area contributed by atoms with Gasteiger partial charge in [-0.15, -0.1) is 11.3 Å². The molecule has 0 amide bonds. The van der Waals surface area contributed by atoms with Crippen molar-refractivity contribution in [2.24, 2.45) is 0 Å². The summed E-state index contributed by atoms with van der Waals surface area (Å²) in [6.45, 7) is 5.19. The van der Waals surface area contributed by atoms with Gasteiger partial charge in [0, 0.05) is 17.6 Å². The summed E-state index contributed by atoms with van der Waals surface area (Å²) in [6.07, 6.45) is 3.88. The summed E-state index contributed by atoms with van der Waals surface area (Å²) in [7, 11) is 0. The second-order valence-electron chi connectivity index (χ2n) is 4.31. The smallest absolute Gasteiger partial charge is 0.224 e. The molecule has 0 spiro atoms. The Morgan fingerprint density at radius 3 is 2.89 bits per heavy atom. The highest BCUT2D eigenvalue weighted by Crippen LogP contribution is 2.25. The van der Waals surface area contributed by atoms with E-state index in [0.717, 1.165) is 25.2 Å². The minimum absolute atomic E-state index is 0.314. The van der Waals surface area contributed by atoms with Crippen LogP contribution in [0.1, 0.15) is 37.6 Å². The van der Waals surface area contributed by atoms with Gasteiger partial charge in [-0.2, -0.15) is 4.98 Å². The summed E-state index contributed by atoms with van der Waals surface area (Å²) in [5.41, 5.74) is 0. The fraction of sp³-hybridized carbons (Fsp3) is 0.429. The number of rotatable bonds is 7. The highest BCUT2D eigenvalue weighted by atomic mass is 32.1. The average molecular weight is 276 g/mol. The molecule has 2 aromatic heterocycles. The van der Waals surface area contributed by atoms with Crippen molar-refractivity contribution in [3.05, 3.63) is 34.7 Å². The maximum Gasteiger partial charge on any atom is 0.224 e. The number of nitrogens with zero attached hydrogens (tertiary/aromatic N) is 2. The SMILES string of the molecule is CCCNc1nccc(NC(CC)c2cccs2)n1. The zero-order valence-corrected chi connectivity index (χ0v) is 12.2. The third kappa shape index (κ3) is 3.92. The summed E-state index contributed by atoms with van der Waals surface area (Å²) in [4.78, 5) is 10.0. The quantitative estimate of drug-likeness (QED) is 0.804. The van der Waals surface area contributed by atoms with Gasteiger partial charge >= 0.3 is 0 Å². The van der Waals surface area contributed by atoms with E-state index in [0.29, 0.717) is 12.0 Å². The van der Waals surface area contributed by atoms with E-state index < -0.39 is 0 Å². The largest absolute Gasteiger partial charge is 0.362 e. The summed E-state index contributed by atoms with van der Waals surface area (Å²) < 4.78 is 0. The van der Waals surface area contributed by atoms with Crippen molar-refractivity contribution in [3.8, 4) is 0 Å². The molecule has 0 aliphatic heterocycles. The fourth-order valence-electron chi connectivity index (χ4n) is 1.80. The molecule has 0 bridgehead atoms. The van der Waals surface area contributed by atoms with Crippen molar-refractivity contribution in [2.75, 3.05) is 17.2 Å². The number of aromatic nitrogens is 2. The van der Waals surface area contributed by atoms with Crippen LogP contribution >= 0.6 is 11.3 Å². The topological polar surface area (TPSA) is 49.8 Å². The van der Waals surface area contributed by atoms with E-state index in [1.807, 2.05) is 6.07 Å². The van der Waals surface area contributed by atoms with Crippen LogP contribution in [0.5, 0.6) is 0 Å². The summed E-state index contributed by atoms with van der Waals surface area (Å²) in [5.74, 6) is 1.56. The lowest BCUT2D eigenvalue weighted by atomic mass is 10.2. The van der Waals surface area contributed by atoms with Gasteiger partial charge in [-0.05, 0) is 30.4 Å². The van der Waals surface area contributed by atoms with E-state index >= 15 is 0 Å². The normalized spacial score (nSPS) is 12.1. The predicted molar refractivity (Wildman–Crippen MR) is 81.8 cm³/mol. The zero-order chi connectivity index (χ0) is 13.5. The summed E-state index contributed by atoms with van der Waals surface area (Å²) >= 11 is 1.77. The van der Waals surface area contributed by atoms with Crippen molar-refractivity contribution in [1.29, 1.82) is 0 Å². The van der Waals surface area contributed by atoms with E-state index in [2.05, 4.69) is 52.0 Å². The Kier molecular flexibility index (Phi) is 5.15. The molecule has 2 heterocycles. The molecule has 2 rings (SSSR count). The number of hydrogen-bond acceptors (Lipinski definition) is 5. The minimum atomic E-state index is 0.314. The first-order valence-corrected chi connectivity index (χ1v) is 7.58. The molecule has 0 aliphatic carbocycles. The van der Waals surface area contributed by atoms with Gasteiger partial charge in [-0.25, -0.2) is 4.98 Å². The maximum absolute atomic E-state index is 4.48. The molecule has 0 aromatic carbocycles. The molecule has 19 heavy (non-hydrogen) atoms. The Balaban J connectivity index is 2.05. The highest BCUT2D eigenvalue weighted by molar-refractivity contribution is 7.10. The average Bonchev–Trinajstić information content (AvgIpc) is 2.97. The van der Waals surface area contributed by atoms with Crippen LogP contribution in [0.3, 0.4) is 0 Å². The number of anilines is 2. The Hall–Kier alpha value is -1.62. The van der Waals surface area contributed by atoms with Crippen LogP contribution in [0.4, 0.5) is 11.8 Å². The minimum Gasteiger partial charge on any atom is -0.362 e. The van der Waals surface area contributed by atoms with Gasteiger partial charge in [0.15, 0.2) is 0 Å². The highest BCUT2D eigenvalue weighted by Gasteiger charge is 2.10. The van der Waals surface area contributed by atoms with E-state index in [-0.39, 0.29) is 0 Å². The fourth-order valence-corrected chi connectivity index (χ4v) is 2.66. The van der Waals surface area contributed by atoms with E-state index in [1.165, 1.54) is 4.88 Å². The van der Waals surface area contributed by atoms with Gasteiger partial charge < -0.3 is 10.6 Å². The van der Waals surface area contributed by atoms with Crippen LogP contribution in [0.2, 0.25) is 0 Å². The first-order chi connectivity index (χ1) is 9.33. The summed E-state index contributed by atoms with van der Waals surface area (Å²) in [5, 5.41) is 8.77. The Bertz CT molecular complexity index is 484. The van der Waals surface area contributed by atoms with Crippen LogP contribution in [-0.4, -0.2) is 16.5 Å². The van der Waals surface area contributed by atoms with E-state index in [4.69, 9.17) is 0 Å². The van der Waals surface area contributed by atoms with Crippen molar-refractivity contribution in [2.45, 2.75) is 32.7 Å². The Morgan fingerprint density at radius 1 is 1.32 bits per heavy atom. The van der Waals surface area contributed by atoms with Crippen molar-refractivity contribution < 1.29 is 0 Å². The lowest BCUT2D eigenvalue weighted by Gasteiger charge is -2.16. The molecule has 0 saturated heterocycles. The molecule has 1 unspecified atom stereocenters. The van der Waals surface area contributed by atoms with Crippen molar-refractivity contribution in [3.63, 3.8) is 0 Å². The third-order valence-corrected chi connectivity index (χ3v) is 3.79. The Labute approximate surface area is 118 Å². The molecular weight excluding hydrogens is 256 g/mol. The molecular formula is C14H20N4S. The second kappa shape index (κ2) is 7.09. The molecule has 0 saturated carbocycles. The Morgan fingerprint density at radius 2 is 2.21 bits per heavy atom. The first kappa shape index (κ1) is 13.8. The van der Waals surface area contributed by atoms with Crippen LogP contribution in [-0.2, 0) is 0 Å². The molecule has 4 nitrogen and oxygen atoms in total.